The summed E-state index contributed by atoms with van der Waals surface area (Å²) >= 11 is 0. The Morgan fingerprint density at radius 3 is 2.42 bits per heavy atom. The van der Waals surface area contributed by atoms with Gasteiger partial charge < -0.3 is 9.88 Å². The van der Waals surface area contributed by atoms with E-state index in [2.05, 4.69) is 29.4 Å². The third kappa shape index (κ3) is 3.03. The van der Waals surface area contributed by atoms with Gasteiger partial charge in [0, 0.05) is 35.8 Å². The van der Waals surface area contributed by atoms with Gasteiger partial charge in [-0.1, -0.05) is 48.0 Å². The van der Waals surface area contributed by atoms with Gasteiger partial charge in [0.15, 0.2) is 0 Å². The standard InChI is InChI=1S/C22H22N2O2/c1-15-6-8-17(9-7-15)21(25)22(26)24-12-10-16(11-13-24)19-14-23-20-5-3-2-4-18(19)20/h2-9,14,16,23H,10-13H2,1H3. The third-order valence-corrected chi connectivity index (χ3v) is 5.35. The van der Waals surface area contributed by atoms with Crippen LogP contribution in [-0.4, -0.2) is 34.7 Å². The molecule has 26 heavy (non-hydrogen) atoms. The molecule has 4 rings (SSSR count). The number of benzene rings is 2. The van der Waals surface area contributed by atoms with Crippen molar-refractivity contribution in [3.63, 3.8) is 0 Å². The molecule has 0 atom stereocenters. The zero-order valence-corrected chi connectivity index (χ0v) is 14.9. The lowest BCUT2D eigenvalue weighted by atomic mass is 9.89. The summed E-state index contributed by atoms with van der Waals surface area (Å²) in [4.78, 5) is 30.0. The molecule has 1 saturated heterocycles. The molecular weight excluding hydrogens is 324 g/mol. The quantitative estimate of drug-likeness (QED) is 0.574. The smallest absolute Gasteiger partial charge is 0.294 e. The average Bonchev–Trinajstić information content (AvgIpc) is 3.12. The number of Topliss-reactive ketones (excluding diaryl/α,β-unsaturated/α-hetero) is 1. The molecule has 2 aromatic carbocycles. The van der Waals surface area contributed by atoms with E-state index >= 15 is 0 Å². The van der Waals surface area contributed by atoms with Crippen molar-refractivity contribution in [2.75, 3.05) is 13.1 Å². The van der Waals surface area contributed by atoms with E-state index < -0.39 is 5.78 Å². The monoisotopic (exact) mass is 346 g/mol. The summed E-state index contributed by atoms with van der Waals surface area (Å²) in [7, 11) is 0. The van der Waals surface area contributed by atoms with Gasteiger partial charge in [-0.2, -0.15) is 0 Å². The van der Waals surface area contributed by atoms with Gasteiger partial charge in [0.05, 0.1) is 0 Å². The van der Waals surface area contributed by atoms with Crippen molar-refractivity contribution in [3.05, 3.63) is 71.4 Å². The lowest BCUT2D eigenvalue weighted by Gasteiger charge is -2.31. The highest BCUT2D eigenvalue weighted by atomic mass is 16.2. The zero-order chi connectivity index (χ0) is 18.1. The van der Waals surface area contributed by atoms with Crippen LogP contribution in [0.5, 0.6) is 0 Å². The highest BCUT2D eigenvalue weighted by Gasteiger charge is 2.29. The summed E-state index contributed by atoms with van der Waals surface area (Å²) in [6.45, 7) is 3.22. The van der Waals surface area contributed by atoms with E-state index in [4.69, 9.17) is 0 Å². The van der Waals surface area contributed by atoms with Gasteiger partial charge in [-0.05, 0) is 37.3 Å². The van der Waals surface area contributed by atoms with Crippen LogP contribution >= 0.6 is 0 Å². The number of carbonyl (C=O) groups excluding carboxylic acids is 2. The number of hydrogen-bond donors (Lipinski definition) is 1. The number of amides is 1. The van der Waals surface area contributed by atoms with Crippen LogP contribution in [0.3, 0.4) is 0 Å². The van der Waals surface area contributed by atoms with Gasteiger partial charge in [0.2, 0.25) is 5.78 Å². The van der Waals surface area contributed by atoms with Gasteiger partial charge in [-0.25, -0.2) is 0 Å². The first-order chi connectivity index (χ1) is 12.6. The molecule has 0 spiro atoms. The summed E-state index contributed by atoms with van der Waals surface area (Å²) in [5.74, 6) is -0.369. The van der Waals surface area contributed by atoms with Crippen LogP contribution in [0.15, 0.2) is 54.7 Å². The number of fused-ring (bicyclic) bond motifs is 1. The maximum atomic E-state index is 12.6. The Bertz CT molecular complexity index is 948. The average molecular weight is 346 g/mol. The highest BCUT2D eigenvalue weighted by Crippen LogP contribution is 2.33. The summed E-state index contributed by atoms with van der Waals surface area (Å²) in [5.41, 5.74) is 4.01. The van der Waals surface area contributed by atoms with Crippen LogP contribution < -0.4 is 0 Å². The first kappa shape index (κ1) is 16.6. The molecule has 1 aromatic heterocycles. The van der Waals surface area contributed by atoms with E-state index in [1.54, 1.807) is 17.0 Å². The Morgan fingerprint density at radius 2 is 1.69 bits per heavy atom. The van der Waals surface area contributed by atoms with Crippen LogP contribution in [0.1, 0.15) is 40.2 Å². The largest absolute Gasteiger partial charge is 0.361 e. The SMILES string of the molecule is Cc1ccc(C(=O)C(=O)N2CCC(c3c[nH]c4ccccc34)CC2)cc1. The molecule has 1 fully saturated rings. The van der Waals surface area contributed by atoms with Gasteiger partial charge in [-0.3, -0.25) is 9.59 Å². The maximum Gasteiger partial charge on any atom is 0.294 e. The van der Waals surface area contributed by atoms with Crippen molar-refractivity contribution in [1.82, 2.24) is 9.88 Å². The number of H-pyrrole nitrogens is 1. The number of aromatic nitrogens is 1. The second kappa shape index (κ2) is 6.79. The molecule has 0 saturated carbocycles. The van der Waals surface area contributed by atoms with Crippen LogP contribution in [0.25, 0.3) is 10.9 Å². The van der Waals surface area contributed by atoms with Crippen molar-refractivity contribution in [1.29, 1.82) is 0 Å². The van der Waals surface area contributed by atoms with Crippen LogP contribution in [0.4, 0.5) is 0 Å². The fourth-order valence-corrected chi connectivity index (χ4v) is 3.80. The van der Waals surface area contributed by atoms with Gasteiger partial charge >= 0.3 is 0 Å². The van der Waals surface area contributed by atoms with Crippen LogP contribution in [0.2, 0.25) is 0 Å². The first-order valence-corrected chi connectivity index (χ1v) is 9.10. The lowest BCUT2D eigenvalue weighted by Crippen LogP contribution is -2.41. The van der Waals surface area contributed by atoms with Crippen molar-refractivity contribution >= 4 is 22.6 Å². The van der Waals surface area contributed by atoms with Gasteiger partial charge in [-0.15, -0.1) is 0 Å². The predicted octanol–water partition coefficient (Wildman–Crippen LogP) is 4.07. The molecule has 1 N–H and O–H groups in total. The van der Waals surface area contributed by atoms with E-state index in [-0.39, 0.29) is 5.91 Å². The summed E-state index contributed by atoms with van der Waals surface area (Å²) < 4.78 is 0. The minimum absolute atomic E-state index is 0.383. The van der Waals surface area contributed by atoms with Gasteiger partial charge in [0.25, 0.3) is 5.91 Å². The maximum absolute atomic E-state index is 12.6. The van der Waals surface area contributed by atoms with E-state index in [1.807, 2.05) is 25.1 Å². The van der Waals surface area contributed by atoms with Crippen molar-refractivity contribution < 1.29 is 9.59 Å². The minimum atomic E-state index is -0.407. The number of carbonyl (C=O) groups is 2. The number of likely N-dealkylation sites (tertiary alicyclic amines) is 1. The Labute approximate surface area is 152 Å². The fourth-order valence-electron chi connectivity index (χ4n) is 3.80. The molecule has 1 aliphatic heterocycles. The number of nitrogens with zero attached hydrogens (tertiary/aromatic N) is 1. The van der Waals surface area contributed by atoms with E-state index in [9.17, 15) is 9.59 Å². The van der Waals surface area contributed by atoms with E-state index in [0.717, 1.165) is 23.9 Å². The molecule has 0 aliphatic carbocycles. The number of hydrogen-bond acceptors (Lipinski definition) is 2. The topological polar surface area (TPSA) is 53.2 Å². The molecule has 1 amide bonds. The predicted molar refractivity (Wildman–Crippen MR) is 102 cm³/mol. The Hall–Kier alpha value is -2.88. The van der Waals surface area contributed by atoms with Gasteiger partial charge in [0.1, 0.15) is 0 Å². The second-order valence-electron chi connectivity index (χ2n) is 7.05. The third-order valence-electron chi connectivity index (χ3n) is 5.35. The number of piperidine rings is 1. The molecule has 132 valence electrons. The number of aryl methyl sites for hydroxylation is 1. The number of nitrogens with one attached hydrogen (secondary N) is 1. The Morgan fingerprint density at radius 1 is 1.00 bits per heavy atom. The van der Waals surface area contributed by atoms with E-state index in [1.165, 1.54) is 10.9 Å². The molecule has 0 radical (unpaired) electrons. The molecule has 1 aliphatic rings. The normalized spacial score (nSPS) is 15.3. The van der Waals surface area contributed by atoms with Crippen LogP contribution in [0, 0.1) is 6.92 Å². The fraction of sp³-hybridized carbons (Fsp3) is 0.273. The highest BCUT2D eigenvalue weighted by molar-refractivity contribution is 6.42. The second-order valence-corrected chi connectivity index (χ2v) is 7.05. The zero-order valence-electron chi connectivity index (χ0n) is 14.9. The molecular formula is C22H22N2O2. The molecule has 3 aromatic rings. The first-order valence-electron chi connectivity index (χ1n) is 9.10. The van der Waals surface area contributed by atoms with Crippen LogP contribution in [-0.2, 0) is 4.79 Å². The Kier molecular flexibility index (Phi) is 4.33. The number of rotatable bonds is 3. The molecule has 0 bridgehead atoms. The summed E-state index contributed by atoms with van der Waals surface area (Å²) in [6.07, 6.45) is 3.85. The molecule has 2 heterocycles. The minimum Gasteiger partial charge on any atom is -0.361 e. The van der Waals surface area contributed by atoms with Crippen molar-refractivity contribution in [2.24, 2.45) is 0 Å². The van der Waals surface area contributed by atoms with Crippen molar-refractivity contribution in [3.8, 4) is 0 Å². The Balaban J connectivity index is 1.44. The molecule has 4 heteroatoms. The number of para-hydroxylation sites is 1. The molecule has 4 nitrogen and oxygen atoms in total. The number of aromatic amines is 1. The summed E-state index contributed by atoms with van der Waals surface area (Å²) in [6, 6.07) is 15.5. The number of ketones is 1. The van der Waals surface area contributed by atoms with E-state index in [0.29, 0.717) is 24.6 Å². The van der Waals surface area contributed by atoms with Crippen molar-refractivity contribution in [2.45, 2.75) is 25.7 Å². The summed E-state index contributed by atoms with van der Waals surface area (Å²) in [5, 5.41) is 1.26. The molecule has 0 unspecified atom stereocenters. The lowest BCUT2D eigenvalue weighted by molar-refractivity contribution is -0.127.